The van der Waals surface area contributed by atoms with Crippen molar-refractivity contribution in [3.05, 3.63) is 58.1 Å². The number of amides is 2. The third-order valence-corrected chi connectivity index (χ3v) is 6.98. The number of thioether (sulfide) groups is 1. The quantitative estimate of drug-likeness (QED) is 0.681. The lowest BCUT2D eigenvalue weighted by molar-refractivity contribution is -0.150. The fraction of sp³-hybridized carbons (Fsp3) is 0.316. The minimum atomic E-state index is -1.10. The number of rotatable bonds is 6. The van der Waals surface area contributed by atoms with Crippen LogP contribution >= 0.6 is 23.1 Å². The molecule has 4 rings (SSSR count). The highest BCUT2D eigenvalue weighted by Gasteiger charge is 2.54. The Morgan fingerprint density at radius 1 is 1.32 bits per heavy atom. The molecular formula is C19H19N3O4S2. The van der Waals surface area contributed by atoms with Crippen molar-refractivity contribution < 1.29 is 19.5 Å². The van der Waals surface area contributed by atoms with Crippen LogP contribution in [0.2, 0.25) is 0 Å². The first-order valence-corrected chi connectivity index (χ1v) is 10.8. The van der Waals surface area contributed by atoms with Gasteiger partial charge in [0, 0.05) is 23.7 Å². The van der Waals surface area contributed by atoms with Gasteiger partial charge < -0.3 is 15.3 Å². The number of carbonyl (C=O) groups is 3. The van der Waals surface area contributed by atoms with Crippen molar-refractivity contribution in [3.63, 3.8) is 0 Å². The zero-order chi connectivity index (χ0) is 19.7. The average Bonchev–Trinajstić information content (AvgIpc) is 3.19. The summed E-state index contributed by atoms with van der Waals surface area (Å²) in [6.07, 6.45) is 7.97. The number of β-lactam (4-membered cyclic amide) rings is 1. The Morgan fingerprint density at radius 3 is 2.86 bits per heavy atom. The molecule has 2 atom stereocenters. The van der Waals surface area contributed by atoms with Crippen molar-refractivity contribution in [3.8, 4) is 0 Å². The molecule has 3 aliphatic rings. The number of nitrogens with zero attached hydrogens (tertiary/aromatic N) is 2. The van der Waals surface area contributed by atoms with Crippen LogP contribution in [0, 0.1) is 0 Å². The number of thiophene rings is 1. The van der Waals surface area contributed by atoms with Crippen molar-refractivity contribution in [1.82, 2.24) is 15.1 Å². The summed E-state index contributed by atoms with van der Waals surface area (Å²) < 4.78 is 0. The van der Waals surface area contributed by atoms with Crippen molar-refractivity contribution in [2.24, 2.45) is 0 Å². The second kappa shape index (κ2) is 7.84. The van der Waals surface area contributed by atoms with Crippen LogP contribution in [0.4, 0.5) is 0 Å². The lowest BCUT2D eigenvalue weighted by Gasteiger charge is -2.49. The lowest BCUT2D eigenvalue weighted by Crippen LogP contribution is -2.70. The molecule has 3 aliphatic heterocycles. The molecule has 1 unspecified atom stereocenters. The first-order valence-electron chi connectivity index (χ1n) is 8.83. The van der Waals surface area contributed by atoms with E-state index in [1.165, 1.54) is 28.0 Å². The fourth-order valence-electron chi connectivity index (χ4n) is 3.47. The number of hydrogen-bond acceptors (Lipinski definition) is 6. The van der Waals surface area contributed by atoms with Crippen molar-refractivity contribution in [2.45, 2.75) is 17.8 Å². The number of carboxylic acids is 1. The van der Waals surface area contributed by atoms with Gasteiger partial charge in [0.05, 0.1) is 6.42 Å². The molecule has 0 bridgehead atoms. The number of carboxylic acid groups (broad SMARTS) is 1. The topological polar surface area (TPSA) is 90.0 Å². The number of aliphatic carboxylic acids is 1. The molecule has 28 heavy (non-hydrogen) atoms. The van der Waals surface area contributed by atoms with Gasteiger partial charge >= 0.3 is 5.97 Å². The van der Waals surface area contributed by atoms with Gasteiger partial charge in [0.2, 0.25) is 5.91 Å². The average molecular weight is 418 g/mol. The summed E-state index contributed by atoms with van der Waals surface area (Å²) in [7, 11) is 0. The van der Waals surface area contributed by atoms with Crippen LogP contribution in [0.25, 0.3) is 0 Å². The molecule has 146 valence electrons. The molecule has 0 aromatic carbocycles. The second-order valence-electron chi connectivity index (χ2n) is 6.67. The predicted octanol–water partition coefficient (Wildman–Crippen LogP) is 1.41. The zero-order valence-electron chi connectivity index (χ0n) is 14.9. The summed E-state index contributed by atoms with van der Waals surface area (Å²) in [5, 5.41) is 14.0. The van der Waals surface area contributed by atoms with E-state index in [1.807, 2.05) is 46.8 Å². The minimum absolute atomic E-state index is 0.0560. The smallest absolute Gasteiger partial charge is 0.352 e. The molecule has 0 aliphatic carbocycles. The van der Waals surface area contributed by atoms with Gasteiger partial charge in [-0.1, -0.05) is 18.2 Å². The molecule has 0 spiro atoms. The number of hydrogen-bond donors (Lipinski definition) is 2. The van der Waals surface area contributed by atoms with E-state index in [1.54, 1.807) is 0 Å². The van der Waals surface area contributed by atoms with E-state index in [4.69, 9.17) is 0 Å². The fourth-order valence-corrected chi connectivity index (χ4v) is 5.51. The Hall–Kier alpha value is -2.52. The predicted molar refractivity (Wildman–Crippen MR) is 108 cm³/mol. The van der Waals surface area contributed by atoms with Crippen molar-refractivity contribution >= 4 is 40.9 Å². The van der Waals surface area contributed by atoms with Gasteiger partial charge in [-0.15, -0.1) is 23.1 Å². The van der Waals surface area contributed by atoms with E-state index in [9.17, 15) is 19.5 Å². The number of fused-ring (bicyclic) bond motifs is 1. The maximum atomic E-state index is 12.7. The highest BCUT2D eigenvalue weighted by molar-refractivity contribution is 8.00. The molecule has 1 aromatic heterocycles. The van der Waals surface area contributed by atoms with Crippen LogP contribution in [0.15, 0.2) is 53.2 Å². The van der Waals surface area contributed by atoms with Gasteiger partial charge in [-0.05, 0) is 29.3 Å². The summed E-state index contributed by atoms with van der Waals surface area (Å²) >= 11 is 2.98. The normalized spacial score (nSPS) is 23.5. The molecular weight excluding hydrogens is 398 g/mol. The third-order valence-electron chi connectivity index (χ3n) is 4.76. The van der Waals surface area contributed by atoms with Crippen molar-refractivity contribution in [1.29, 1.82) is 0 Å². The number of allylic oxidation sites excluding steroid dienone is 2. The SMILES string of the molecule is O=C(Cc1cccs1)NC1C(=O)N2C(C(=O)O)=C(CN3C=CC=CC3)CS[C@@H]12. The van der Waals surface area contributed by atoms with E-state index in [0.717, 1.165) is 4.88 Å². The van der Waals surface area contributed by atoms with Crippen LogP contribution < -0.4 is 5.32 Å². The van der Waals surface area contributed by atoms with Crippen molar-refractivity contribution in [2.75, 3.05) is 18.8 Å². The Kier molecular flexibility index (Phi) is 5.27. The molecule has 0 radical (unpaired) electrons. The zero-order valence-corrected chi connectivity index (χ0v) is 16.5. The summed E-state index contributed by atoms with van der Waals surface area (Å²) in [5.41, 5.74) is 0.769. The molecule has 2 amide bonds. The monoisotopic (exact) mass is 417 g/mol. The Balaban J connectivity index is 1.46. The Labute approximate surface area is 170 Å². The second-order valence-corrected chi connectivity index (χ2v) is 8.80. The maximum absolute atomic E-state index is 12.7. The van der Waals surface area contributed by atoms with Gasteiger partial charge in [0.25, 0.3) is 5.91 Å². The van der Waals surface area contributed by atoms with Crippen LogP contribution in [-0.4, -0.2) is 62.9 Å². The summed E-state index contributed by atoms with van der Waals surface area (Å²) in [6.45, 7) is 1.16. The molecule has 1 saturated heterocycles. The van der Waals surface area contributed by atoms with E-state index in [2.05, 4.69) is 5.32 Å². The molecule has 0 saturated carbocycles. The van der Waals surface area contributed by atoms with Crippen LogP contribution in [-0.2, 0) is 20.8 Å². The van der Waals surface area contributed by atoms with E-state index < -0.39 is 12.0 Å². The van der Waals surface area contributed by atoms with Gasteiger partial charge in [0.15, 0.2) is 0 Å². The Morgan fingerprint density at radius 2 is 2.18 bits per heavy atom. The summed E-state index contributed by atoms with van der Waals surface area (Å²) in [6, 6.07) is 3.07. The van der Waals surface area contributed by atoms with E-state index >= 15 is 0 Å². The van der Waals surface area contributed by atoms with Crippen LogP contribution in [0.3, 0.4) is 0 Å². The Bertz CT molecular complexity index is 891. The number of carbonyl (C=O) groups excluding carboxylic acids is 2. The van der Waals surface area contributed by atoms with Gasteiger partial charge in [-0.2, -0.15) is 0 Å². The van der Waals surface area contributed by atoms with E-state index in [-0.39, 0.29) is 29.3 Å². The van der Waals surface area contributed by atoms with Crippen LogP contribution in [0.5, 0.6) is 0 Å². The molecule has 7 nitrogen and oxygen atoms in total. The molecule has 9 heteroatoms. The highest BCUT2D eigenvalue weighted by atomic mass is 32.2. The van der Waals surface area contributed by atoms with Gasteiger partial charge in [-0.25, -0.2) is 4.79 Å². The largest absolute Gasteiger partial charge is 0.477 e. The summed E-state index contributed by atoms with van der Waals surface area (Å²) in [4.78, 5) is 41.0. The standard InChI is InChI=1S/C19H19N3O4S2/c23-14(9-13-5-4-8-27-13)20-15-17(24)22-16(19(25)26)12(11-28-18(15)22)10-21-6-2-1-3-7-21/h1-6,8,15,18H,7,9-11H2,(H,20,23)(H,25,26)/t15?,18-/m0/s1. The first kappa shape index (κ1) is 18.8. The van der Waals surface area contributed by atoms with Gasteiger partial charge in [-0.3, -0.25) is 14.5 Å². The minimum Gasteiger partial charge on any atom is -0.477 e. The highest BCUT2D eigenvalue weighted by Crippen LogP contribution is 2.40. The molecule has 4 heterocycles. The number of nitrogens with one attached hydrogen (secondary N) is 1. The van der Waals surface area contributed by atoms with Crippen LogP contribution in [0.1, 0.15) is 4.88 Å². The van der Waals surface area contributed by atoms with E-state index in [0.29, 0.717) is 24.4 Å². The van der Waals surface area contributed by atoms with Gasteiger partial charge in [0.1, 0.15) is 17.1 Å². The molecule has 2 N–H and O–H groups in total. The third kappa shape index (κ3) is 3.59. The maximum Gasteiger partial charge on any atom is 0.352 e. The molecule has 1 fully saturated rings. The molecule has 1 aromatic rings. The summed E-state index contributed by atoms with van der Waals surface area (Å²) in [5.74, 6) is -1.17. The first-order chi connectivity index (χ1) is 13.5. The lowest BCUT2D eigenvalue weighted by atomic mass is 10.0.